The van der Waals surface area contributed by atoms with E-state index in [0.717, 1.165) is 23.0 Å². The Labute approximate surface area is 119 Å². The molecule has 0 aliphatic carbocycles. The van der Waals surface area contributed by atoms with Gasteiger partial charge in [-0.25, -0.2) is 4.39 Å². The molecular formula is C18H19FO. The van der Waals surface area contributed by atoms with Crippen molar-refractivity contribution in [2.24, 2.45) is 0 Å². The van der Waals surface area contributed by atoms with Crippen LogP contribution in [0.15, 0.2) is 42.7 Å². The smallest absolute Gasteiger partial charge is 0.126 e. The number of benzene rings is 2. The molecule has 0 bridgehead atoms. The number of aryl methyl sites for hydroxylation is 3. The van der Waals surface area contributed by atoms with E-state index in [4.69, 9.17) is 5.11 Å². The molecule has 2 rings (SSSR count). The van der Waals surface area contributed by atoms with E-state index in [9.17, 15) is 4.39 Å². The quantitative estimate of drug-likeness (QED) is 0.775. The molecule has 0 saturated heterocycles. The summed E-state index contributed by atoms with van der Waals surface area (Å²) in [5, 5.41) is 8.88. The summed E-state index contributed by atoms with van der Waals surface area (Å²) in [5.74, 6) is -0.185. The molecule has 2 aromatic rings. The van der Waals surface area contributed by atoms with E-state index in [1.165, 1.54) is 17.2 Å². The highest BCUT2D eigenvalue weighted by Crippen LogP contribution is 2.29. The maximum Gasteiger partial charge on any atom is 0.126 e. The van der Waals surface area contributed by atoms with Crippen molar-refractivity contribution in [1.29, 1.82) is 0 Å². The summed E-state index contributed by atoms with van der Waals surface area (Å²) in [6.45, 7) is 5.89. The average molecular weight is 270 g/mol. The van der Waals surface area contributed by atoms with Crippen LogP contribution in [-0.4, -0.2) is 5.11 Å². The molecular weight excluding hydrogens is 251 g/mol. The van der Waals surface area contributed by atoms with Crippen LogP contribution >= 0.6 is 0 Å². The molecule has 0 unspecified atom stereocenters. The molecule has 0 amide bonds. The van der Waals surface area contributed by atoms with E-state index in [1.807, 2.05) is 12.1 Å². The van der Waals surface area contributed by atoms with E-state index in [1.54, 1.807) is 13.0 Å². The van der Waals surface area contributed by atoms with Crippen molar-refractivity contribution in [1.82, 2.24) is 0 Å². The molecule has 104 valence electrons. The lowest BCUT2D eigenvalue weighted by Gasteiger charge is -2.14. The van der Waals surface area contributed by atoms with E-state index in [-0.39, 0.29) is 5.82 Å². The van der Waals surface area contributed by atoms with Gasteiger partial charge >= 0.3 is 0 Å². The lowest BCUT2D eigenvalue weighted by molar-refractivity contribution is 0.471. The van der Waals surface area contributed by atoms with Gasteiger partial charge in [-0.1, -0.05) is 23.8 Å². The highest BCUT2D eigenvalue weighted by Gasteiger charge is 2.09. The van der Waals surface area contributed by atoms with Gasteiger partial charge in [-0.15, -0.1) is 0 Å². The van der Waals surface area contributed by atoms with Crippen LogP contribution in [0.25, 0.3) is 11.1 Å². The molecule has 2 aromatic carbocycles. The number of halogens is 1. The summed E-state index contributed by atoms with van der Waals surface area (Å²) in [4.78, 5) is 0. The molecule has 1 N–H and O–H groups in total. The standard InChI is InChI=1S/C18H19FO/c1-12-9-13(2)16(5-4-8-20)17(10-12)15-6-7-18(19)14(3)11-15/h4,6-11,20H,5H2,1-3H3/b8-4+. The third-order valence-corrected chi connectivity index (χ3v) is 3.51. The second-order valence-electron chi connectivity index (χ2n) is 5.16. The zero-order valence-electron chi connectivity index (χ0n) is 12.1. The number of hydrogen-bond acceptors (Lipinski definition) is 1. The molecule has 0 heterocycles. The molecule has 0 fully saturated rings. The van der Waals surface area contributed by atoms with Crippen LogP contribution in [0.5, 0.6) is 0 Å². The molecule has 2 heteroatoms. The summed E-state index contributed by atoms with van der Waals surface area (Å²) in [6.07, 6.45) is 3.45. The Bertz CT molecular complexity index is 657. The average Bonchev–Trinajstić information content (AvgIpc) is 2.40. The molecule has 0 aromatic heterocycles. The van der Waals surface area contributed by atoms with Crippen molar-refractivity contribution < 1.29 is 9.50 Å². The van der Waals surface area contributed by atoms with E-state index < -0.39 is 0 Å². The third kappa shape index (κ3) is 2.90. The fraction of sp³-hybridized carbons (Fsp3) is 0.222. The first kappa shape index (κ1) is 14.3. The van der Waals surface area contributed by atoms with Gasteiger partial charge in [-0.05, 0) is 73.2 Å². The number of aliphatic hydroxyl groups excluding tert-OH is 1. The molecule has 0 spiro atoms. The second kappa shape index (κ2) is 5.91. The van der Waals surface area contributed by atoms with Crippen LogP contribution < -0.4 is 0 Å². The SMILES string of the molecule is Cc1cc(C)c(C/C=C/O)c(-c2ccc(F)c(C)c2)c1. The predicted octanol–water partition coefficient (Wildman–Crippen LogP) is 5.03. The minimum absolute atomic E-state index is 0.185. The van der Waals surface area contributed by atoms with Crippen molar-refractivity contribution >= 4 is 0 Å². The van der Waals surface area contributed by atoms with Gasteiger partial charge < -0.3 is 5.11 Å². The lowest BCUT2D eigenvalue weighted by Crippen LogP contribution is -1.95. The zero-order chi connectivity index (χ0) is 14.7. The molecule has 0 aliphatic rings. The maximum atomic E-state index is 13.4. The number of rotatable bonds is 3. The third-order valence-electron chi connectivity index (χ3n) is 3.51. The number of allylic oxidation sites excluding steroid dienone is 1. The predicted molar refractivity (Wildman–Crippen MR) is 81.5 cm³/mol. The van der Waals surface area contributed by atoms with Crippen molar-refractivity contribution in [3.8, 4) is 11.1 Å². The fourth-order valence-electron chi connectivity index (χ4n) is 2.51. The summed E-state index contributed by atoms with van der Waals surface area (Å²) < 4.78 is 13.4. The van der Waals surface area contributed by atoms with Gasteiger partial charge in [0.1, 0.15) is 5.82 Å². The Morgan fingerprint density at radius 1 is 1.05 bits per heavy atom. The van der Waals surface area contributed by atoms with Crippen LogP contribution in [0.2, 0.25) is 0 Å². The number of aliphatic hydroxyl groups is 1. The van der Waals surface area contributed by atoms with Crippen molar-refractivity contribution in [2.45, 2.75) is 27.2 Å². The van der Waals surface area contributed by atoms with Crippen LogP contribution in [0, 0.1) is 26.6 Å². The Hall–Kier alpha value is -2.09. The van der Waals surface area contributed by atoms with Gasteiger partial charge in [0.2, 0.25) is 0 Å². The largest absolute Gasteiger partial charge is 0.516 e. The Morgan fingerprint density at radius 3 is 2.45 bits per heavy atom. The molecule has 0 atom stereocenters. The van der Waals surface area contributed by atoms with Crippen molar-refractivity contribution in [3.63, 3.8) is 0 Å². The second-order valence-corrected chi connectivity index (χ2v) is 5.16. The minimum atomic E-state index is -0.185. The van der Waals surface area contributed by atoms with Crippen LogP contribution in [0.4, 0.5) is 4.39 Å². The Kier molecular flexibility index (Phi) is 4.23. The van der Waals surface area contributed by atoms with Crippen LogP contribution in [0.1, 0.15) is 22.3 Å². The molecule has 0 saturated carbocycles. The van der Waals surface area contributed by atoms with Crippen LogP contribution in [0.3, 0.4) is 0 Å². The number of hydrogen-bond donors (Lipinski definition) is 1. The monoisotopic (exact) mass is 270 g/mol. The van der Waals surface area contributed by atoms with Gasteiger partial charge in [0.05, 0.1) is 6.26 Å². The van der Waals surface area contributed by atoms with E-state index >= 15 is 0 Å². The van der Waals surface area contributed by atoms with Crippen molar-refractivity contribution in [3.05, 3.63) is 70.7 Å². The van der Waals surface area contributed by atoms with Gasteiger partial charge in [0.15, 0.2) is 0 Å². The van der Waals surface area contributed by atoms with Crippen LogP contribution in [-0.2, 0) is 6.42 Å². The van der Waals surface area contributed by atoms with E-state index in [0.29, 0.717) is 12.0 Å². The summed E-state index contributed by atoms with van der Waals surface area (Å²) in [7, 11) is 0. The topological polar surface area (TPSA) is 20.2 Å². The Morgan fingerprint density at radius 2 is 1.80 bits per heavy atom. The lowest BCUT2D eigenvalue weighted by atomic mass is 9.91. The summed E-state index contributed by atoms with van der Waals surface area (Å²) >= 11 is 0. The molecule has 0 aliphatic heterocycles. The Balaban J connectivity index is 2.61. The van der Waals surface area contributed by atoms with Gasteiger partial charge in [0.25, 0.3) is 0 Å². The maximum absolute atomic E-state index is 13.4. The van der Waals surface area contributed by atoms with Gasteiger partial charge in [0, 0.05) is 0 Å². The molecule has 1 nitrogen and oxygen atoms in total. The van der Waals surface area contributed by atoms with Gasteiger partial charge in [-0.3, -0.25) is 0 Å². The van der Waals surface area contributed by atoms with Crippen molar-refractivity contribution in [2.75, 3.05) is 0 Å². The minimum Gasteiger partial charge on any atom is -0.516 e. The first-order valence-electron chi connectivity index (χ1n) is 6.69. The fourth-order valence-corrected chi connectivity index (χ4v) is 2.51. The first-order chi connectivity index (χ1) is 9.52. The zero-order valence-corrected chi connectivity index (χ0v) is 12.1. The summed E-state index contributed by atoms with van der Waals surface area (Å²) in [6, 6.07) is 9.42. The highest BCUT2D eigenvalue weighted by atomic mass is 19.1. The summed E-state index contributed by atoms with van der Waals surface area (Å²) in [5.41, 5.74) is 6.27. The van der Waals surface area contributed by atoms with Gasteiger partial charge in [-0.2, -0.15) is 0 Å². The molecule has 20 heavy (non-hydrogen) atoms. The molecule has 0 radical (unpaired) electrons. The normalized spacial score (nSPS) is 11.2. The van der Waals surface area contributed by atoms with E-state index in [2.05, 4.69) is 26.0 Å². The highest BCUT2D eigenvalue weighted by molar-refractivity contribution is 5.70. The first-order valence-corrected chi connectivity index (χ1v) is 6.69.